The number of ether oxygens (including phenoxy) is 1. The lowest BCUT2D eigenvalue weighted by Gasteiger charge is -2.14. The van der Waals surface area contributed by atoms with Crippen LogP contribution >= 0.6 is 7.37 Å². The van der Waals surface area contributed by atoms with E-state index in [9.17, 15) is 14.2 Å². The van der Waals surface area contributed by atoms with Crippen LogP contribution in [-0.2, 0) is 23.4 Å². The number of unbranched alkanes of at least 4 members (excludes halogenated alkanes) is 2. The largest absolute Gasteiger partial charge is 0.469 e. The number of hydrogen-bond acceptors (Lipinski definition) is 5. The Kier molecular flexibility index (Phi) is 8.09. The molecular weight excluding hydrogens is 243 g/mol. The third-order valence-electron chi connectivity index (χ3n) is 2.50. The van der Waals surface area contributed by atoms with E-state index in [1.54, 1.807) is 0 Å². The molecule has 0 rings (SSSR count). The molecule has 0 amide bonds. The Hall–Kier alpha value is -0.670. The first kappa shape index (κ1) is 16.3. The minimum Gasteiger partial charge on any atom is -0.469 e. The van der Waals surface area contributed by atoms with Crippen molar-refractivity contribution in [3.8, 4) is 0 Å². The van der Waals surface area contributed by atoms with E-state index in [-0.39, 0.29) is 19.0 Å². The molecule has 1 atom stereocenters. The zero-order valence-corrected chi connectivity index (χ0v) is 11.6. The molecule has 0 aliphatic carbocycles. The van der Waals surface area contributed by atoms with E-state index in [2.05, 4.69) is 4.74 Å². The molecule has 0 saturated heterocycles. The summed E-state index contributed by atoms with van der Waals surface area (Å²) in [4.78, 5) is 22.6. The molecule has 0 aliphatic rings. The van der Waals surface area contributed by atoms with Gasteiger partial charge >= 0.3 is 5.97 Å². The standard InChI is InChI=1S/C11H21O5P/c1-4-5-6-9-17(14,16-3)11(13)8-7-10(12)15-2/h4-9H2,1-3H3. The second-order valence-corrected chi connectivity index (χ2v) is 6.41. The van der Waals surface area contributed by atoms with Crippen LogP contribution in [0.15, 0.2) is 0 Å². The van der Waals surface area contributed by atoms with Gasteiger partial charge in [-0.15, -0.1) is 0 Å². The van der Waals surface area contributed by atoms with Crippen molar-refractivity contribution >= 4 is 18.9 Å². The summed E-state index contributed by atoms with van der Waals surface area (Å²) in [6, 6.07) is 0. The van der Waals surface area contributed by atoms with E-state index in [1.165, 1.54) is 14.2 Å². The molecule has 0 N–H and O–H groups in total. The van der Waals surface area contributed by atoms with Crippen LogP contribution < -0.4 is 0 Å². The lowest BCUT2D eigenvalue weighted by atomic mass is 10.3. The molecule has 0 bridgehead atoms. The SMILES string of the molecule is CCCCCP(=O)(OC)C(=O)CCC(=O)OC. The van der Waals surface area contributed by atoms with Gasteiger partial charge in [0, 0.05) is 19.7 Å². The first-order valence-electron chi connectivity index (χ1n) is 5.75. The molecule has 6 heteroatoms. The van der Waals surface area contributed by atoms with Crippen LogP contribution in [0.2, 0.25) is 0 Å². The smallest absolute Gasteiger partial charge is 0.305 e. The molecule has 0 aromatic heterocycles. The van der Waals surface area contributed by atoms with Gasteiger partial charge in [-0.05, 0) is 6.42 Å². The number of carbonyl (C=O) groups excluding carboxylic acids is 2. The van der Waals surface area contributed by atoms with Gasteiger partial charge in [-0.25, -0.2) is 0 Å². The maximum atomic E-state index is 12.1. The predicted octanol–water partition coefficient (Wildman–Crippen LogP) is 2.58. The van der Waals surface area contributed by atoms with Gasteiger partial charge in [0.05, 0.1) is 13.5 Å². The summed E-state index contributed by atoms with van der Waals surface area (Å²) in [5, 5.41) is 0. The van der Waals surface area contributed by atoms with Gasteiger partial charge in [-0.3, -0.25) is 14.2 Å². The Morgan fingerprint density at radius 1 is 1.12 bits per heavy atom. The van der Waals surface area contributed by atoms with Gasteiger partial charge in [0.25, 0.3) is 7.37 Å². The first-order chi connectivity index (χ1) is 8.00. The lowest BCUT2D eigenvalue weighted by molar-refractivity contribution is -0.141. The van der Waals surface area contributed by atoms with E-state index in [4.69, 9.17) is 4.52 Å². The van der Waals surface area contributed by atoms with Crippen LogP contribution in [0.25, 0.3) is 0 Å². The van der Waals surface area contributed by atoms with Crippen LogP contribution in [0.5, 0.6) is 0 Å². The predicted molar refractivity (Wildman–Crippen MR) is 65.3 cm³/mol. The van der Waals surface area contributed by atoms with Crippen molar-refractivity contribution in [1.82, 2.24) is 0 Å². The highest BCUT2D eigenvalue weighted by atomic mass is 31.2. The topological polar surface area (TPSA) is 69.7 Å². The fourth-order valence-electron chi connectivity index (χ4n) is 1.37. The Balaban J connectivity index is 4.27. The van der Waals surface area contributed by atoms with Crippen LogP contribution in [0.3, 0.4) is 0 Å². The van der Waals surface area contributed by atoms with Crippen LogP contribution in [-0.4, -0.2) is 31.9 Å². The van der Waals surface area contributed by atoms with E-state index in [0.717, 1.165) is 12.8 Å². The average Bonchev–Trinajstić information content (AvgIpc) is 2.35. The van der Waals surface area contributed by atoms with Gasteiger partial charge in [0.1, 0.15) is 0 Å². The van der Waals surface area contributed by atoms with E-state index < -0.39 is 18.9 Å². The zero-order chi connectivity index (χ0) is 13.3. The van der Waals surface area contributed by atoms with Crippen molar-refractivity contribution in [2.45, 2.75) is 39.0 Å². The summed E-state index contributed by atoms with van der Waals surface area (Å²) in [6.07, 6.45) is 2.74. The Morgan fingerprint density at radius 3 is 2.24 bits per heavy atom. The zero-order valence-electron chi connectivity index (χ0n) is 10.7. The second-order valence-electron chi connectivity index (χ2n) is 3.76. The molecule has 0 aliphatic heterocycles. The highest BCUT2D eigenvalue weighted by Crippen LogP contribution is 2.49. The van der Waals surface area contributed by atoms with Crippen molar-refractivity contribution in [3.63, 3.8) is 0 Å². The van der Waals surface area contributed by atoms with E-state index in [1.807, 2.05) is 6.92 Å². The van der Waals surface area contributed by atoms with Crippen molar-refractivity contribution in [1.29, 1.82) is 0 Å². The highest BCUT2D eigenvalue weighted by Gasteiger charge is 2.30. The van der Waals surface area contributed by atoms with Gasteiger partial charge in [-0.1, -0.05) is 19.8 Å². The third kappa shape index (κ3) is 5.99. The average molecular weight is 264 g/mol. The number of carbonyl (C=O) groups is 2. The molecule has 17 heavy (non-hydrogen) atoms. The van der Waals surface area contributed by atoms with Gasteiger partial charge in [-0.2, -0.15) is 0 Å². The van der Waals surface area contributed by atoms with Crippen molar-refractivity contribution in [2.75, 3.05) is 20.4 Å². The van der Waals surface area contributed by atoms with Crippen LogP contribution in [0.4, 0.5) is 0 Å². The van der Waals surface area contributed by atoms with Crippen molar-refractivity contribution in [2.24, 2.45) is 0 Å². The number of methoxy groups -OCH3 is 1. The Labute approximate surface area is 102 Å². The van der Waals surface area contributed by atoms with Gasteiger partial charge in [0.15, 0.2) is 0 Å². The molecule has 0 aromatic carbocycles. The number of esters is 1. The maximum Gasteiger partial charge on any atom is 0.305 e. The summed E-state index contributed by atoms with van der Waals surface area (Å²) in [7, 11) is -0.700. The fourth-order valence-corrected chi connectivity index (χ4v) is 3.10. The van der Waals surface area contributed by atoms with Gasteiger partial charge in [0.2, 0.25) is 5.52 Å². The molecule has 0 heterocycles. The molecule has 0 aromatic rings. The fraction of sp³-hybridized carbons (Fsp3) is 0.818. The normalized spacial score (nSPS) is 14.1. The number of hydrogen-bond donors (Lipinski definition) is 0. The second kappa shape index (κ2) is 8.43. The third-order valence-corrected chi connectivity index (χ3v) is 4.98. The van der Waals surface area contributed by atoms with E-state index in [0.29, 0.717) is 6.42 Å². The molecular formula is C11H21O5P. The van der Waals surface area contributed by atoms with Gasteiger partial charge < -0.3 is 9.26 Å². The summed E-state index contributed by atoms with van der Waals surface area (Å²) in [5.41, 5.74) is -0.471. The van der Waals surface area contributed by atoms with Crippen LogP contribution in [0, 0.1) is 0 Å². The summed E-state index contributed by atoms with van der Waals surface area (Å²) < 4.78 is 21.4. The summed E-state index contributed by atoms with van der Waals surface area (Å²) in [6.45, 7) is 2.02. The Morgan fingerprint density at radius 2 is 1.76 bits per heavy atom. The lowest BCUT2D eigenvalue weighted by Crippen LogP contribution is -2.09. The number of rotatable bonds is 9. The minimum atomic E-state index is -3.23. The highest BCUT2D eigenvalue weighted by molar-refractivity contribution is 7.76. The molecule has 100 valence electrons. The molecule has 0 spiro atoms. The quantitative estimate of drug-likeness (QED) is 0.363. The minimum absolute atomic E-state index is 0.0452. The molecule has 0 fully saturated rings. The monoisotopic (exact) mass is 264 g/mol. The molecule has 1 unspecified atom stereocenters. The van der Waals surface area contributed by atoms with E-state index >= 15 is 0 Å². The first-order valence-corrected chi connectivity index (χ1v) is 7.56. The van der Waals surface area contributed by atoms with Crippen molar-refractivity contribution in [3.05, 3.63) is 0 Å². The molecule has 0 saturated carbocycles. The summed E-state index contributed by atoms with van der Waals surface area (Å²) in [5.74, 6) is -0.477. The molecule has 5 nitrogen and oxygen atoms in total. The Bertz CT molecular complexity index is 300. The van der Waals surface area contributed by atoms with Crippen LogP contribution in [0.1, 0.15) is 39.0 Å². The summed E-state index contributed by atoms with van der Waals surface area (Å²) >= 11 is 0. The van der Waals surface area contributed by atoms with Crippen molar-refractivity contribution < 1.29 is 23.4 Å². The molecule has 0 radical (unpaired) electrons. The maximum absolute atomic E-state index is 12.1.